The lowest BCUT2D eigenvalue weighted by Gasteiger charge is -2.06. The molecule has 1 aliphatic rings. The molecule has 1 aromatic rings. The number of ether oxygens (including phenoxy) is 1. The van der Waals surface area contributed by atoms with Gasteiger partial charge in [-0.1, -0.05) is 12.8 Å². The zero-order chi connectivity index (χ0) is 10.7. The van der Waals surface area contributed by atoms with Crippen LogP contribution in [0.25, 0.3) is 0 Å². The summed E-state index contributed by atoms with van der Waals surface area (Å²) in [5.74, 6) is 0.0113. The molecule has 1 aliphatic carbocycles. The number of hydrogen-bond acceptors (Lipinski definition) is 3. The van der Waals surface area contributed by atoms with Gasteiger partial charge in [-0.3, -0.25) is 0 Å². The van der Waals surface area contributed by atoms with E-state index in [1.807, 2.05) is 0 Å². The van der Waals surface area contributed by atoms with Gasteiger partial charge in [0.15, 0.2) is 0 Å². The smallest absolute Gasteiger partial charge is 0.341 e. The van der Waals surface area contributed by atoms with Crippen LogP contribution < -0.4 is 4.74 Å². The quantitative estimate of drug-likeness (QED) is 0.801. The molecule has 1 heterocycles. The average Bonchev–Trinajstić information content (AvgIpc) is 3.02. The van der Waals surface area contributed by atoms with Crippen LogP contribution >= 0.6 is 0 Å². The lowest BCUT2D eigenvalue weighted by atomic mass is 10.3. The van der Waals surface area contributed by atoms with Gasteiger partial charge in [-0.15, -0.1) is 0 Å². The fourth-order valence-electron chi connectivity index (χ4n) is 1.40. The number of hydrogen-bond donors (Lipinski definition) is 1. The zero-order valence-electron chi connectivity index (χ0n) is 8.35. The van der Waals surface area contributed by atoms with Crippen molar-refractivity contribution in [3.63, 3.8) is 0 Å². The van der Waals surface area contributed by atoms with Crippen LogP contribution in [0.4, 0.5) is 0 Å². The molecule has 1 N–H and O–H groups in total. The minimum absolute atomic E-state index is 0.133. The summed E-state index contributed by atoms with van der Waals surface area (Å²) in [5, 5.41) is 8.87. The van der Waals surface area contributed by atoms with Gasteiger partial charge in [0.2, 0.25) is 5.88 Å². The van der Waals surface area contributed by atoms with Crippen LogP contribution in [0.15, 0.2) is 18.3 Å². The van der Waals surface area contributed by atoms with E-state index in [-0.39, 0.29) is 11.4 Å². The predicted molar refractivity (Wildman–Crippen MR) is 54.0 cm³/mol. The van der Waals surface area contributed by atoms with Gasteiger partial charge in [0, 0.05) is 6.20 Å². The molecule has 1 aromatic heterocycles. The molecule has 80 valence electrons. The Morgan fingerprint density at radius 2 is 2.40 bits per heavy atom. The fourth-order valence-corrected chi connectivity index (χ4v) is 1.40. The van der Waals surface area contributed by atoms with E-state index in [2.05, 4.69) is 4.98 Å². The van der Waals surface area contributed by atoms with Gasteiger partial charge >= 0.3 is 5.97 Å². The van der Waals surface area contributed by atoms with Crippen LogP contribution in [0.2, 0.25) is 0 Å². The molecule has 4 heteroatoms. The maximum absolute atomic E-state index is 10.8. The van der Waals surface area contributed by atoms with E-state index >= 15 is 0 Å². The monoisotopic (exact) mass is 207 g/mol. The zero-order valence-corrected chi connectivity index (χ0v) is 8.35. The van der Waals surface area contributed by atoms with Gasteiger partial charge in [-0.25, -0.2) is 9.78 Å². The minimum Gasteiger partial charge on any atom is -0.477 e. The molecule has 1 saturated carbocycles. The average molecular weight is 207 g/mol. The normalized spacial score (nSPS) is 14.9. The highest BCUT2D eigenvalue weighted by Crippen LogP contribution is 2.32. The molecule has 15 heavy (non-hydrogen) atoms. The van der Waals surface area contributed by atoms with E-state index in [9.17, 15) is 4.79 Å². The number of carboxylic acid groups (broad SMARTS) is 1. The summed E-state index contributed by atoms with van der Waals surface area (Å²) in [5.41, 5.74) is 0.133. The van der Waals surface area contributed by atoms with Gasteiger partial charge in [0.25, 0.3) is 0 Å². The second-order valence-electron chi connectivity index (χ2n) is 3.74. The van der Waals surface area contributed by atoms with Gasteiger partial charge in [0.1, 0.15) is 5.56 Å². The topological polar surface area (TPSA) is 59.4 Å². The molecule has 0 radical (unpaired) electrons. The van der Waals surface area contributed by atoms with E-state index in [0.717, 1.165) is 12.3 Å². The third-order valence-electron chi connectivity index (χ3n) is 2.46. The van der Waals surface area contributed by atoms with Gasteiger partial charge < -0.3 is 9.84 Å². The molecule has 4 nitrogen and oxygen atoms in total. The molecule has 0 amide bonds. The molecule has 0 aromatic carbocycles. The highest BCUT2D eigenvalue weighted by atomic mass is 16.5. The third-order valence-corrected chi connectivity index (χ3v) is 2.46. The second-order valence-corrected chi connectivity index (χ2v) is 3.74. The summed E-state index contributed by atoms with van der Waals surface area (Å²) in [6.45, 7) is 0.557. The summed E-state index contributed by atoms with van der Waals surface area (Å²) >= 11 is 0. The second kappa shape index (κ2) is 4.29. The first-order chi connectivity index (χ1) is 7.27. The molecule has 0 atom stereocenters. The molecular weight excluding hydrogens is 194 g/mol. The fraction of sp³-hybridized carbons (Fsp3) is 0.455. The molecule has 0 saturated heterocycles. The van der Waals surface area contributed by atoms with E-state index in [1.165, 1.54) is 18.9 Å². The Morgan fingerprint density at radius 1 is 1.60 bits per heavy atom. The molecule has 2 rings (SSSR count). The van der Waals surface area contributed by atoms with Crippen molar-refractivity contribution in [1.29, 1.82) is 0 Å². The van der Waals surface area contributed by atoms with Crippen LogP contribution in [0.1, 0.15) is 29.6 Å². The van der Waals surface area contributed by atoms with Crippen molar-refractivity contribution in [2.24, 2.45) is 5.92 Å². The van der Waals surface area contributed by atoms with Crippen LogP contribution in [-0.4, -0.2) is 22.7 Å². The van der Waals surface area contributed by atoms with Crippen molar-refractivity contribution in [1.82, 2.24) is 4.98 Å². The van der Waals surface area contributed by atoms with Crippen molar-refractivity contribution in [3.8, 4) is 5.88 Å². The Morgan fingerprint density at radius 3 is 3.07 bits per heavy atom. The Hall–Kier alpha value is -1.58. The van der Waals surface area contributed by atoms with Crippen molar-refractivity contribution < 1.29 is 14.6 Å². The summed E-state index contributed by atoms with van der Waals surface area (Å²) < 4.78 is 5.36. The number of carbonyl (C=O) groups is 1. The number of rotatable bonds is 5. The van der Waals surface area contributed by atoms with Crippen molar-refractivity contribution >= 4 is 5.97 Å². The number of pyridine rings is 1. The van der Waals surface area contributed by atoms with Crippen LogP contribution in [-0.2, 0) is 0 Å². The Labute approximate surface area is 87.9 Å². The maximum atomic E-state index is 10.8. The largest absolute Gasteiger partial charge is 0.477 e. The van der Waals surface area contributed by atoms with Crippen molar-refractivity contribution in [2.75, 3.05) is 6.61 Å². The number of aromatic nitrogens is 1. The van der Waals surface area contributed by atoms with Crippen molar-refractivity contribution in [2.45, 2.75) is 19.3 Å². The molecular formula is C11H13NO3. The Bertz CT molecular complexity index is 361. The van der Waals surface area contributed by atoms with Gasteiger partial charge in [-0.2, -0.15) is 0 Å². The lowest BCUT2D eigenvalue weighted by Crippen LogP contribution is -2.06. The Balaban J connectivity index is 1.95. The highest BCUT2D eigenvalue weighted by molar-refractivity contribution is 5.90. The highest BCUT2D eigenvalue weighted by Gasteiger charge is 2.21. The molecule has 0 spiro atoms. The van der Waals surface area contributed by atoms with Crippen molar-refractivity contribution in [3.05, 3.63) is 23.9 Å². The molecule has 0 unspecified atom stereocenters. The van der Waals surface area contributed by atoms with Crippen LogP contribution in [0, 0.1) is 5.92 Å². The first-order valence-corrected chi connectivity index (χ1v) is 5.08. The third kappa shape index (κ3) is 2.68. The molecule has 0 aliphatic heterocycles. The summed E-state index contributed by atoms with van der Waals surface area (Å²) in [4.78, 5) is 14.7. The SMILES string of the molecule is O=C(O)c1cccnc1OCCC1CC1. The summed E-state index contributed by atoms with van der Waals surface area (Å²) in [6, 6.07) is 3.10. The van der Waals surface area contributed by atoms with E-state index in [0.29, 0.717) is 6.61 Å². The Kier molecular flexibility index (Phi) is 2.85. The number of aromatic carboxylic acids is 1. The van der Waals surface area contributed by atoms with E-state index in [4.69, 9.17) is 9.84 Å². The van der Waals surface area contributed by atoms with Gasteiger partial charge in [-0.05, 0) is 24.5 Å². The minimum atomic E-state index is -0.996. The van der Waals surface area contributed by atoms with Crippen LogP contribution in [0.5, 0.6) is 5.88 Å². The summed E-state index contributed by atoms with van der Waals surface area (Å²) in [6.07, 6.45) is 5.09. The van der Waals surface area contributed by atoms with Crippen LogP contribution in [0.3, 0.4) is 0 Å². The number of carboxylic acids is 1. The predicted octanol–water partition coefficient (Wildman–Crippen LogP) is 1.96. The first-order valence-electron chi connectivity index (χ1n) is 5.08. The molecule has 1 fully saturated rings. The van der Waals surface area contributed by atoms with E-state index in [1.54, 1.807) is 12.3 Å². The van der Waals surface area contributed by atoms with Gasteiger partial charge in [0.05, 0.1) is 6.61 Å². The molecule has 0 bridgehead atoms. The standard InChI is InChI=1S/C11H13NO3/c13-11(14)9-2-1-6-12-10(9)15-7-5-8-3-4-8/h1-2,6,8H,3-5,7H2,(H,13,14). The van der Waals surface area contributed by atoms with E-state index < -0.39 is 5.97 Å². The summed E-state index contributed by atoms with van der Waals surface area (Å²) in [7, 11) is 0. The lowest BCUT2D eigenvalue weighted by molar-refractivity contribution is 0.0691. The first kappa shape index (κ1) is 9.96. The maximum Gasteiger partial charge on any atom is 0.341 e. The number of nitrogens with zero attached hydrogens (tertiary/aromatic N) is 1.